The summed E-state index contributed by atoms with van der Waals surface area (Å²) in [6, 6.07) is 10.2. The first-order valence-corrected chi connectivity index (χ1v) is 8.76. The SMILES string of the molecule is CC(C)(C)[Si](C)(C)NOCc1ccccc1. The topological polar surface area (TPSA) is 21.3 Å². The molecular weight excluding hydrogens is 214 g/mol. The van der Waals surface area contributed by atoms with Gasteiger partial charge >= 0.3 is 0 Å². The van der Waals surface area contributed by atoms with Crippen LogP contribution < -0.4 is 5.15 Å². The molecule has 0 bridgehead atoms. The molecule has 0 amide bonds. The lowest BCUT2D eigenvalue weighted by atomic mass is 10.2. The van der Waals surface area contributed by atoms with E-state index in [1.165, 1.54) is 5.56 Å². The molecule has 0 aliphatic rings. The molecule has 0 radical (unpaired) electrons. The van der Waals surface area contributed by atoms with Gasteiger partial charge in [-0.05, 0) is 10.6 Å². The van der Waals surface area contributed by atoms with Gasteiger partial charge < -0.3 is 4.84 Å². The van der Waals surface area contributed by atoms with Gasteiger partial charge in [-0.2, -0.15) is 0 Å². The van der Waals surface area contributed by atoms with Gasteiger partial charge in [0.05, 0.1) is 6.61 Å². The highest BCUT2D eigenvalue weighted by Gasteiger charge is 2.35. The van der Waals surface area contributed by atoms with Crippen LogP contribution in [0.3, 0.4) is 0 Å². The van der Waals surface area contributed by atoms with E-state index in [0.717, 1.165) is 0 Å². The van der Waals surface area contributed by atoms with Gasteiger partial charge in [-0.25, -0.2) is 5.15 Å². The van der Waals surface area contributed by atoms with Gasteiger partial charge in [0.2, 0.25) is 0 Å². The number of nitrogens with one attached hydrogen (secondary N) is 1. The van der Waals surface area contributed by atoms with E-state index in [1.54, 1.807) is 0 Å². The molecule has 1 N–H and O–H groups in total. The second kappa shape index (κ2) is 5.12. The van der Waals surface area contributed by atoms with Crippen LogP contribution in [0.5, 0.6) is 0 Å². The summed E-state index contributed by atoms with van der Waals surface area (Å²) in [6.07, 6.45) is 0. The van der Waals surface area contributed by atoms with Crippen molar-refractivity contribution in [3.63, 3.8) is 0 Å². The molecule has 0 aliphatic carbocycles. The van der Waals surface area contributed by atoms with Crippen LogP contribution in [0.2, 0.25) is 18.1 Å². The van der Waals surface area contributed by atoms with Gasteiger partial charge in [-0.1, -0.05) is 64.2 Å². The van der Waals surface area contributed by atoms with E-state index in [0.29, 0.717) is 11.6 Å². The highest BCUT2D eigenvalue weighted by Crippen LogP contribution is 2.33. The lowest BCUT2D eigenvalue weighted by Gasteiger charge is -2.36. The van der Waals surface area contributed by atoms with Crippen LogP contribution in [-0.4, -0.2) is 8.24 Å². The molecule has 2 nitrogen and oxygen atoms in total. The van der Waals surface area contributed by atoms with Gasteiger partial charge in [-0.15, -0.1) is 0 Å². The zero-order valence-corrected chi connectivity index (χ0v) is 12.0. The van der Waals surface area contributed by atoms with E-state index in [9.17, 15) is 0 Å². The van der Waals surface area contributed by atoms with E-state index in [1.807, 2.05) is 18.2 Å². The monoisotopic (exact) mass is 237 g/mol. The Labute approximate surface area is 100 Å². The summed E-state index contributed by atoms with van der Waals surface area (Å²) in [7, 11) is -1.53. The summed E-state index contributed by atoms with van der Waals surface area (Å²) in [5, 5.41) is 3.58. The Kier molecular flexibility index (Phi) is 4.30. The van der Waals surface area contributed by atoms with Crippen molar-refractivity contribution >= 4 is 8.24 Å². The molecule has 0 atom stereocenters. The first-order valence-electron chi connectivity index (χ1n) is 5.76. The summed E-state index contributed by atoms with van der Waals surface area (Å²) in [6.45, 7) is 12.0. The van der Waals surface area contributed by atoms with E-state index in [2.05, 4.69) is 51.1 Å². The van der Waals surface area contributed by atoms with Gasteiger partial charge in [0.1, 0.15) is 0 Å². The zero-order chi connectivity index (χ0) is 12.2. The quantitative estimate of drug-likeness (QED) is 0.636. The molecule has 0 heterocycles. The van der Waals surface area contributed by atoms with Crippen LogP contribution in [0, 0.1) is 0 Å². The third-order valence-electron chi connectivity index (χ3n) is 3.28. The normalized spacial score (nSPS) is 12.8. The van der Waals surface area contributed by atoms with E-state index >= 15 is 0 Å². The lowest BCUT2D eigenvalue weighted by Crippen LogP contribution is -2.51. The van der Waals surface area contributed by atoms with Crippen LogP contribution in [-0.2, 0) is 11.4 Å². The molecule has 1 aromatic rings. The smallest absolute Gasteiger partial charge is 0.155 e. The van der Waals surface area contributed by atoms with Crippen molar-refractivity contribution in [2.45, 2.75) is 45.5 Å². The molecule has 0 saturated heterocycles. The molecule has 0 saturated carbocycles. The van der Waals surface area contributed by atoms with Crippen molar-refractivity contribution in [3.05, 3.63) is 35.9 Å². The minimum absolute atomic E-state index is 0.295. The third-order valence-corrected chi connectivity index (χ3v) is 7.69. The van der Waals surface area contributed by atoms with Crippen molar-refractivity contribution in [2.24, 2.45) is 0 Å². The van der Waals surface area contributed by atoms with Gasteiger partial charge in [0, 0.05) is 0 Å². The maximum absolute atomic E-state index is 5.62. The van der Waals surface area contributed by atoms with E-state index in [4.69, 9.17) is 4.84 Å². The minimum Gasteiger partial charge on any atom is -0.304 e. The molecular formula is C13H23NOSi. The summed E-state index contributed by atoms with van der Waals surface area (Å²) in [5.41, 5.74) is 1.20. The fraction of sp³-hybridized carbons (Fsp3) is 0.538. The van der Waals surface area contributed by atoms with Gasteiger partial charge in [0.15, 0.2) is 8.24 Å². The van der Waals surface area contributed by atoms with Crippen molar-refractivity contribution in [2.75, 3.05) is 0 Å². The lowest BCUT2D eigenvalue weighted by molar-refractivity contribution is 0.0700. The predicted molar refractivity (Wildman–Crippen MR) is 71.6 cm³/mol. The van der Waals surface area contributed by atoms with Crippen molar-refractivity contribution in [1.82, 2.24) is 5.15 Å². The molecule has 0 unspecified atom stereocenters. The third kappa shape index (κ3) is 3.74. The maximum Gasteiger partial charge on any atom is 0.155 e. The standard InChI is InChI=1S/C13H23NOSi/c1-13(2,3)16(4,5)14-15-11-12-9-7-6-8-10-12/h6-10,14H,11H2,1-5H3. The Morgan fingerprint density at radius 2 is 1.69 bits per heavy atom. The maximum atomic E-state index is 5.62. The molecule has 0 spiro atoms. The predicted octanol–water partition coefficient (Wildman–Crippen LogP) is 3.71. The number of hydrogen-bond donors (Lipinski definition) is 1. The summed E-state index contributed by atoms with van der Waals surface area (Å²) in [4.78, 5) is 5.62. The molecule has 3 heteroatoms. The largest absolute Gasteiger partial charge is 0.304 e. The minimum atomic E-state index is -1.53. The average Bonchev–Trinajstić information content (AvgIpc) is 2.17. The fourth-order valence-electron chi connectivity index (χ4n) is 1.03. The highest BCUT2D eigenvalue weighted by molar-refractivity contribution is 6.77. The van der Waals surface area contributed by atoms with Crippen LogP contribution in [0.15, 0.2) is 30.3 Å². The molecule has 1 rings (SSSR count). The van der Waals surface area contributed by atoms with Crippen molar-refractivity contribution in [1.29, 1.82) is 0 Å². The zero-order valence-electron chi connectivity index (χ0n) is 11.0. The van der Waals surface area contributed by atoms with Crippen molar-refractivity contribution < 1.29 is 4.84 Å². The first kappa shape index (κ1) is 13.4. The van der Waals surface area contributed by atoms with Gasteiger partial charge in [0.25, 0.3) is 0 Å². The second-order valence-electron chi connectivity index (χ2n) is 5.75. The first-order chi connectivity index (χ1) is 7.33. The number of rotatable bonds is 4. The Morgan fingerprint density at radius 1 is 1.12 bits per heavy atom. The number of benzene rings is 1. The molecule has 90 valence electrons. The Bertz CT molecular complexity index is 316. The Morgan fingerprint density at radius 3 is 2.19 bits per heavy atom. The molecule has 0 aromatic heterocycles. The second-order valence-corrected chi connectivity index (χ2v) is 10.7. The fourth-order valence-corrected chi connectivity index (χ4v) is 1.77. The number of hydrogen-bond acceptors (Lipinski definition) is 2. The van der Waals surface area contributed by atoms with E-state index < -0.39 is 8.24 Å². The van der Waals surface area contributed by atoms with Crippen LogP contribution >= 0.6 is 0 Å². The average molecular weight is 237 g/mol. The van der Waals surface area contributed by atoms with Gasteiger partial charge in [-0.3, -0.25) is 0 Å². The Hall–Kier alpha value is -0.643. The summed E-state index contributed by atoms with van der Waals surface area (Å²) < 4.78 is 0. The van der Waals surface area contributed by atoms with Crippen LogP contribution in [0.1, 0.15) is 26.3 Å². The highest BCUT2D eigenvalue weighted by atomic mass is 28.3. The Balaban J connectivity index is 2.42. The molecule has 1 aromatic carbocycles. The van der Waals surface area contributed by atoms with Crippen molar-refractivity contribution in [3.8, 4) is 0 Å². The summed E-state index contributed by atoms with van der Waals surface area (Å²) in [5.74, 6) is 0. The van der Waals surface area contributed by atoms with Crippen LogP contribution in [0.4, 0.5) is 0 Å². The van der Waals surface area contributed by atoms with Crippen LogP contribution in [0.25, 0.3) is 0 Å². The van der Waals surface area contributed by atoms with E-state index in [-0.39, 0.29) is 0 Å². The summed E-state index contributed by atoms with van der Waals surface area (Å²) >= 11 is 0. The molecule has 0 aliphatic heterocycles. The molecule has 0 fully saturated rings. The molecule has 16 heavy (non-hydrogen) atoms.